The lowest BCUT2D eigenvalue weighted by Gasteiger charge is -2.31. The van der Waals surface area contributed by atoms with Gasteiger partial charge in [-0.3, -0.25) is 5.32 Å². The fourth-order valence-corrected chi connectivity index (χ4v) is 3.41. The molecule has 0 radical (unpaired) electrons. The molecule has 9 nitrogen and oxygen atoms in total. The zero-order valence-electron chi connectivity index (χ0n) is 15.3. The summed E-state index contributed by atoms with van der Waals surface area (Å²) in [5.41, 5.74) is 3.33. The topological polar surface area (TPSA) is 109 Å². The molecule has 3 heterocycles. The molecule has 2 aromatic heterocycles. The van der Waals surface area contributed by atoms with E-state index >= 15 is 0 Å². The van der Waals surface area contributed by atoms with E-state index in [1.54, 1.807) is 19.1 Å². The summed E-state index contributed by atoms with van der Waals surface area (Å²) >= 11 is 0. The molecule has 144 valence electrons. The SMILES string of the molecule is CCOC(=O)Nc1nc2ccc(N3CCc4ccccc4C3)c(C(=O)O)n2n1. The van der Waals surface area contributed by atoms with Crippen molar-refractivity contribution in [2.24, 2.45) is 0 Å². The van der Waals surface area contributed by atoms with Crippen molar-refractivity contribution in [2.75, 3.05) is 23.4 Å². The van der Waals surface area contributed by atoms with Crippen LogP contribution in [-0.2, 0) is 17.7 Å². The Bertz CT molecular complexity index is 1060. The van der Waals surface area contributed by atoms with E-state index in [-0.39, 0.29) is 18.2 Å². The van der Waals surface area contributed by atoms with Crippen LogP contribution in [0.2, 0.25) is 0 Å². The van der Waals surface area contributed by atoms with E-state index in [0.29, 0.717) is 24.4 Å². The van der Waals surface area contributed by atoms with E-state index in [1.807, 2.05) is 17.0 Å². The van der Waals surface area contributed by atoms with Crippen LogP contribution in [0.5, 0.6) is 0 Å². The van der Waals surface area contributed by atoms with Gasteiger partial charge >= 0.3 is 12.1 Å². The maximum absolute atomic E-state index is 12.0. The number of nitrogens with one attached hydrogen (secondary N) is 1. The van der Waals surface area contributed by atoms with E-state index in [4.69, 9.17) is 4.74 Å². The van der Waals surface area contributed by atoms with Gasteiger partial charge in [-0.1, -0.05) is 24.3 Å². The molecule has 0 fully saturated rings. The predicted octanol–water partition coefficient (Wildman–Crippen LogP) is 2.56. The highest BCUT2D eigenvalue weighted by Gasteiger charge is 2.25. The normalized spacial score (nSPS) is 13.2. The molecular weight excluding hydrogens is 362 g/mol. The van der Waals surface area contributed by atoms with Crippen molar-refractivity contribution in [3.05, 3.63) is 53.2 Å². The lowest BCUT2D eigenvalue weighted by atomic mass is 9.99. The minimum Gasteiger partial charge on any atom is -0.476 e. The van der Waals surface area contributed by atoms with Gasteiger partial charge in [0.05, 0.1) is 12.3 Å². The lowest BCUT2D eigenvalue weighted by molar-refractivity contribution is 0.0688. The Morgan fingerprint density at radius 3 is 2.75 bits per heavy atom. The highest BCUT2D eigenvalue weighted by Crippen LogP contribution is 2.28. The molecule has 1 amide bonds. The van der Waals surface area contributed by atoms with Crippen molar-refractivity contribution in [1.29, 1.82) is 0 Å². The Kier molecular flexibility index (Phi) is 4.56. The third-order valence-electron chi connectivity index (χ3n) is 4.64. The Morgan fingerprint density at radius 2 is 2.00 bits per heavy atom. The number of rotatable bonds is 4. The second-order valence-electron chi connectivity index (χ2n) is 6.36. The number of carbonyl (C=O) groups is 2. The number of benzene rings is 1. The second kappa shape index (κ2) is 7.18. The molecule has 3 aromatic rings. The number of amides is 1. The van der Waals surface area contributed by atoms with Crippen molar-refractivity contribution >= 4 is 29.3 Å². The smallest absolute Gasteiger partial charge is 0.414 e. The minimum absolute atomic E-state index is 0.00119. The van der Waals surface area contributed by atoms with Crippen LogP contribution in [-0.4, -0.2) is 44.9 Å². The van der Waals surface area contributed by atoms with Crippen LogP contribution in [0.3, 0.4) is 0 Å². The fourth-order valence-electron chi connectivity index (χ4n) is 3.41. The van der Waals surface area contributed by atoms with Crippen LogP contribution in [0, 0.1) is 0 Å². The van der Waals surface area contributed by atoms with Crippen LogP contribution < -0.4 is 10.2 Å². The van der Waals surface area contributed by atoms with Gasteiger partial charge in [0.25, 0.3) is 5.95 Å². The molecular formula is C19H19N5O4. The summed E-state index contributed by atoms with van der Waals surface area (Å²) in [5.74, 6) is -1.13. The Morgan fingerprint density at radius 1 is 1.21 bits per heavy atom. The van der Waals surface area contributed by atoms with Gasteiger partial charge in [-0.05, 0) is 36.6 Å². The molecule has 0 unspecified atom stereocenters. The van der Waals surface area contributed by atoms with E-state index < -0.39 is 12.1 Å². The number of hydrogen-bond donors (Lipinski definition) is 2. The Balaban J connectivity index is 1.72. The molecule has 0 spiro atoms. The third kappa shape index (κ3) is 3.22. The number of carboxylic acid groups (broad SMARTS) is 1. The first-order chi connectivity index (χ1) is 13.6. The number of aromatic nitrogens is 3. The number of hydrogen-bond acceptors (Lipinski definition) is 6. The molecule has 1 aliphatic rings. The number of nitrogens with zero attached hydrogens (tertiary/aromatic N) is 4. The maximum Gasteiger partial charge on any atom is 0.414 e. The lowest BCUT2D eigenvalue weighted by Crippen LogP contribution is -2.32. The summed E-state index contributed by atoms with van der Waals surface area (Å²) in [6.45, 7) is 3.21. The van der Waals surface area contributed by atoms with Gasteiger partial charge in [-0.2, -0.15) is 4.98 Å². The molecule has 28 heavy (non-hydrogen) atoms. The first kappa shape index (κ1) is 17.8. The molecule has 0 saturated heterocycles. The van der Waals surface area contributed by atoms with Gasteiger partial charge in [0, 0.05) is 13.1 Å². The fraction of sp³-hybridized carbons (Fsp3) is 0.263. The first-order valence-electron chi connectivity index (χ1n) is 8.95. The first-order valence-corrected chi connectivity index (χ1v) is 8.95. The summed E-state index contributed by atoms with van der Waals surface area (Å²) in [4.78, 5) is 29.8. The van der Waals surface area contributed by atoms with Crippen molar-refractivity contribution < 1.29 is 19.4 Å². The van der Waals surface area contributed by atoms with Crippen molar-refractivity contribution in [3.63, 3.8) is 0 Å². The number of anilines is 2. The standard InChI is InChI=1S/C19H19N5O4/c1-2-28-19(27)21-18-20-15-8-7-14(16(17(25)26)24(15)22-18)23-10-9-12-5-3-4-6-13(12)11-23/h3-8H,2,9-11H2,1H3,(H,25,26)(H,21,22,27). The van der Waals surface area contributed by atoms with E-state index in [2.05, 4.69) is 27.5 Å². The monoisotopic (exact) mass is 381 g/mol. The summed E-state index contributed by atoms with van der Waals surface area (Å²) in [5, 5.41) is 16.4. The molecule has 0 atom stereocenters. The number of fused-ring (bicyclic) bond motifs is 2. The molecule has 1 aliphatic heterocycles. The zero-order valence-corrected chi connectivity index (χ0v) is 15.3. The average Bonchev–Trinajstić information content (AvgIpc) is 3.08. The molecule has 4 rings (SSSR count). The second-order valence-corrected chi connectivity index (χ2v) is 6.36. The summed E-state index contributed by atoms with van der Waals surface area (Å²) < 4.78 is 6.04. The van der Waals surface area contributed by atoms with Gasteiger partial charge in [0.15, 0.2) is 11.3 Å². The van der Waals surface area contributed by atoms with Crippen LogP contribution in [0.25, 0.3) is 5.65 Å². The quantitative estimate of drug-likeness (QED) is 0.715. The van der Waals surface area contributed by atoms with E-state index in [1.165, 1.54) is 15.6 Å². The van der Waals surface area contributed by atoms with Crippen molar-refractivity contribution in [3.8, 4) is 0 Å². The molecule has 0 bridgehead atoms. The number of ether oxygens (including phenoxy) is 1. The van der Waals surface area contributed by atoms with Gasteiger partial charge in [0.2, 0.25) is 0 Å². The number of carboxylic acids is 1. The molecule has 9 heteroatoms. The molecule has 0 aliphatic carbocycles. The van der Waals surface area contributed by atoms with Crippen molar-refractivity contribution in [2.45, 2.75) is 19.9 Å². The van der Waals surface area contributed by atoms with Gasteiger partial charge in [-0.25, -0.2) is 14.1 Å². The van der Waals surface area contributed by atoms with E-state index in [0.717, 1.165) is 6.42 Å². The van der Waals surface area contributed by atoms with Crippen molar-refractivity contribution in [1.82, 2.24) is 14.6 Å². The highest BCUT2D eigenvalue weighted by atomic mass is 16.5. The molecule has 0 saturated carbocycles. The zero-order chi connectivity index (χ0) is 19.7. The minimum atomic E-state index is -1.12. The number of aromatic carboxylic acids is 1. The average molecular weight is 381 g/mol. The Labute approximate surface area is 160 Å². The summed E-state index contributed by atoms with van der Waals surface area (Å²) in [6, 6.07) is 11.6. The van der Waals surface area contributed by atoms with Gasteiger partial charge in [-0.15, -0.1) is 5.10 Å². The van der Waals surface area contributed by atoms with Gasteiger partial charge < -0.3 is 14.7 Å². The molecule has 2 N–H and O–H groups in total. The Hall–Kier alpha value is -3.62. The largest absolute Gasteiger partial charge is 0.476 e. The number of carbonyl (C=O) groups excluding carboxylic acids is 1. The summed E-state index contributed by atoms with van der Waals surface area (Å²) in [6.07, 6.45) is 0.142. The molecule has 1 aromatic carbocycles. The predicted molar refractivity (Wildman–Crippen MR) is 102 cm³/mol. The summed E-state index contributed by atoms with van der Waals surface area (Å²) in [7, 11) is 0. The third-order valence-corrected chi connectivity index (χ3v) is 4.64. The van der Waals surface area contributed by atoms with Crippen LogP contribution in [0.1, 0.15) is 28.5 Å². The maximum atomic E-state index is 12.0. The van der Waals surface area contributed by atoms with E-state index in [9.17, 15) is 14.7 Å². The van der Waals surface area contributed by atoms with Crippen LogP contribution >= 0.6 is 0 Å². The van der Waals surface area contributed by atoms with Crippen LogP contribution in [0.4, 0.5) is 16.4 Å². The van der Waals surface area contributed by atoms with Gasteiger partial charge in [0.1, 0.15) is 0 Å². The number of pyridine rings is 1. The van der Waals surface area contributed by atoms with Crippen LogP contribution in [0.15, 0.2) is 36.4 Å². The highest BCUT2D eigenvalue weighted by molar-refractivity contribution is 5.93.